The number of imidazole rings is 1. The first-order valence-corrected chi connectivity index (χ1v) is 8.36. The molecule has 0 amide bonds. The lowest BCUT2D eigenvalue weighted by atomic mass is 10.0. The maximum absolute atomic E-state index is 12.5. The molecule has 2 aliphatic heterocycles. The van der Waals surface area contributed by atoms with Crippen molar-refractivity contribution in [2.45, 2.75) is 56.3 Å². The maximum atomic E-state index is 12.5. The van der Waals surface area contributed by atoms with Gasteiger partial charge in [0.15, 0.2) is 5.03 Å². The quantitative estimate of drug-likeness (QED) is 0.834. The highest BCUT2D eigenvalue weighted by molar-refractivity contribution is 7.89. The van der Waals surface area contributed by atoms with Gasteiger partial charge in [-0.05, 0) is 32.7 Å². The average molecular weight is 284 g/mol. The van der Waals surface area contributed by atoms with Crippen LogP contribution >= 0.6 is 0 Å². The van der Waals surface area contributed by atoms with Crippen molar-refractivity contribution >= 4 is 10.0 Å². The summed E-state index contributed by atoms with van der Waals surface area (Å²) in [7, 11) is -3.46. The van der Waals surface area contributed by atoms with Crippen LogP contribution in [0.4, 0.5) is 0 Å². The van der Waals surface area contributed by atoms with Crippen molar-refractivity contribution in [1.29, 1.82) is 0 Å². The Hall–Kier alpha value is -0.920. The molecule has 0 radical (unpaired) electrons. The summed E-state index contributed by atoms with van der Waals surface area (Å²) in [6, 6.07) is 0.135. The van der Waals surface area contributed by atoms with E-state index in [1.807, 2.05) is 11.5 Å². The van der Waals surface area contributed by atoms with Crippen LogP contribution in [0.5, 0.6) is 0 Å². The van der Waals surface area contributed by atoms with Crippen LogP contribution in [-0.2, 0) is 23.0 Å². The summed E-state index contributed by atoms with van der Waals surface area (Å²) in [6.45, 7) is 3.73. The van der Waals surface area contributed by atoms with Gasteiger partial charge in [-0.3, -0.25) is 0 Å². The zero-order chi connectivity index (χ0) is 13.5. The van der Waals surface area contributed by atoms with E-state index in [1.54, 1.807) is 0 Å². The Labute approximate surface area is 113 Å². The van der Waals surface area contributed by atoms with Crippen molar-refractivity contribution in [1.82, 2.24) is 19.6 Å². The van der Waals surface area contributed by atoms with Crippen LogP contribution in [0.15, 0.2) is 11.2 Å². The zero-order valence-electron chi connectivity index (χ0n) is 11.1. The highest BCUT2D eigenvalue weighted by Gasteiger charge is 2.30. The van der Waals surface area contributed by atoms with Gasteiger partial charge in [0, 0.05) is 25.0 Å². The smallest absolute Gasteiger partial charge is 0.258 e. The first-order valence-electron chi connectivity index (χ1n) is 6.88. The van der Waals surface area contributed by atoms with E-state index in [0.717, 1.165) is 44.6 Å². The largest absolute Gasteiger partial charge is 0.318 e. The van der Waals surface area contributed by atoms with Gasteiger partial charge in [0.2, 0.25) is 0 Å². The molecule has 0 aliphatic carbocycles. The predicted molar refractivity (Wildman–Crippen MR) is 71.4 cm³/mol. The van der Waals surface area contributed by atoms with E-state index in [9.17, 15) is 8.42 Å². The molecule has 3 rings (SSSR count). The summed E-state index contributed by atoms with van der Waals surface area (Å²) in [5.74, 6) is 0.884. The molecule has 1 aromatic rings. The molecule has 19 heavy (non-hydrogen) atoms. The second-order valence-corrected chi connectivity index (χ2v) is 7.04. The number of hydrogen-bond acceptors (Lipinski definition) is 4. The van der Waals surface area contributed by atoms with Crippen LogP contribution in [-0.4, -0.2) is 36.6 Å². The van der Waals surface area contributed by atoms with E-state index in [0.29, 0.717) is 5.03 Å². The van der Waals surface area contributed by atoms with Gasteiger partial charge in [-0.2, -0.15) is 0 Å². The molecule has 0 spiro atoms. The molecule has 0 saturated carbocycles. The standard InChI is InChI=1S/C12H20N4O2S/c1-9-10(4-2-6-13-9)15-19(17,18)12-8-14-11-5-3-7-16(11)12/h8-10,13,15H,2-7H2,1H3. The van der Waals surface area contributed by atoms with Crippen LogP contribution in [0.3, 0.4) is 0 Å². The second-order valence-electron chi connectivity index (χ2n) is 5.38. The van der Waals surface area contributed by atoms with Gasteiger partial charge in [-0.1, -0.05) is 0 Å². The maximum Gasteiger partial charge on any atom is 0.258 e. The minimum absolute atomic E-state index is 0.0358. The Balaban J connectivity index is 1.82. The summed E-state index contributed by atoms with van der Waals surface area (Å²) in [5, 5.41) is 3.62. The molecule has 2 N–H and O–H groups in total. The number of aryl methyl sites for hydroxylation is 1. The second kappa shape index (κ2) is 4.88. The Morgan fingerprint density at radius 2 is 2.32 bits per heavy atom. The third-order valence-electron chi connectivity index (χ3n) is 4.03. The number of hydrogen-bond donors (Lipinski definition) is 2. The number of fused-ring (bicyclic) bond motifs is 1. The molecular weight excluding hydrogens is 264 g/mol. The summed E-state index contributed by atoms with van der Waals surface area (Å²) >= 11 is 0. The molecule has 1 aromatic heterocycles. The van der Waals surface area contributed by atoms with Crippen molar-refractivity contribution in [2.24, 2.45) is 0 Å². The number of nitrogens with one attached hydrogen (secondary N) is 2. The number of sulfonamides is 1. The molecule has 7 heteroatoms. The average Bonchev–Trinajstić information content (AvgIpc) is 2.93. The molecule has 2 atom stereocenters. The molecule has 6 nitrogen and oxygen atoms in total. The van der Waals surface area contributed by atoms with E-state index in [4.69, 9.17) is 0 Å². The van der Waals surface area contributed by atoms with Crippen molar-refractivity contribution in [3.63, 3.8) is 0 Å². The third kappa shape index (κ3) is 2.42. The third-order valence-corrected chi connectivity index (χ3v) is 5.52. The van der Waals surface area contributed by atoms with E-state index in [2.05, 4.69) is 15.0 Å². The highest BCUT2D eigenvalue weighted by atomic mass is 32.2. The van der Waals surface area contributed by atoms with Gasteiger partial charge in [0.05, 0.1) is 6.20 Å². The monoisotopic (exact) mass is 284 g/mol. The van der Waals surface area contributed by atoms with Crippen molar-refractivity contribution < 1.29 is 8.42 Å². The van der Waals surface area contributed by atoms with Crippen LogP contribution in [0.1, 0.15) is 32.0 Å². The van der Waals surface area contributed by atoms with E-state index < -0.39 is 10.0 Å². The number of rotatable bonds is 3. The number of nitrogens with zero attached hydrogens (tertiary/aromatic N) is 2. The summed E-state index contributed by atoms with van der Waals surface area (Å²) in [6.07, 6.45) is 5.22. The molecule has 2 aliphatic rings. The molecule has 2 unspecified atom stereocenters. The minimum Gasteiger partial charge on any atom is -0.318 e. The fourth-order valence-electron chi connectivity index (χ4n) is 2.91. The minimum atomic E-state index is -3.46. The Kier molecular flexibility index (Phi) is 3.36. The van der Waals surface area contributed by atoms with Crippen LogP contribution in [0.25, 0.3) is 0 Å². The van der Waals surface area contributed by atoms with Crippen LogP contribution in [0.2, 0.25) is 0 Å². The summed E-state index contributed by atoms with van der Waals surface area (Å²) < 4.78 is 29.6. The summed E-state index contributed by atoms with van der Waals surface area (Å²) in [4.78, 5) is 4.20. The Bertz CT molecular complexity index is 566. The van der Waals surface area contributed by atoms with Crippen molar-refractivity contribution in [3.05, 3.63) is 12.0 Å². The lowest BCUT2D eigenvalue weighted by molar-refractivity contribution is 0.348. The van der Waals surface area contributed by atoms with Crippen LogP contribution in [0, 0.1) is 0 Å². The lowest BCUT2D eigenvalue weighted by Crippen LogP contribution is -2.52. The molecule has 1 saturated heterocycles. The molecule has 1 fully saturated rings. The molecule has 0 aromatic carbocycles. The molecule has 3 heterocycles. The van der Waals surface area contributed by atoms with Crippen molar-refractivity contribution in [2.75, 3.05) is 6.54 Å². The van der Waals surface area contributed by atoms with Gasteiger partial charge in [0.25, 0.3) is 10.0 Å². The van der Waals surface area contributed by atoms with Gasteiger partial charge in [0.1, 0.15) is 5.82 Å². The summed E-state index contributed by atoms with van der Waals surface area (Å²) in [5.41, 5.74) is 0. The van der Waals surface area contributed by atoms with E-state index in [-0.39, 0.29) is 12.1 Å². The zero-order valence-corrected chi connectivity index (χ0v) is 11.9. The Morgan fingerprint density at radius 3 is 3.11 bits per heavy atom. The predicted octanol–water partition coefficient (Wildman–Crippen LogP) is 0.248. The topological polar surface area (TPSA) is 76.0 Å². The fourth-order valence-corrected chi connectivity index (χ4v) is 4.43. The van der Waals surface area contributed by atoms with Gasteiger partial charge < -0.3 is 9.88 Å². The molecular formula is C12H20N4O2S. The first-order chi connectivity index (χ1) is 9.08. The van der Waals surface area contributed by atoms with Gasteiger partial charge in [-0.25, -0.2) is 18.1 Å². The van der Waals surface area contributed by atoms with Crippen LogP contribution < -0.4 is 10.0 Å². The number of piperidine rings is 1. The normalized spacial score (nSPS) is 27.4. The van der Waals surface area contributed by atoms with Gasteiger partial charge in [-0.15, -0.1) is 0 Å². The fraction of sp³-hybridized carbons (Fsp3) is 0.750. The first kappa shape index (κ1) is 13.1. The molecule has 106 valence electrons. The lowest BCUT2D eigenvalue weighted by Gasteiger charge is -2.30. The number of aromatic nitrogens is 2. The molecule has 0 bridgehead atoms. The van der Waals surface area contributed by atoms with Crippen molar-refractivity contribution in [3.8, 4) is 0 Å². The van der Waals surface area contributed by atoms with Gasteiger partial charge >= 0.3 is 0 Å². The SMILES string of the molecule is CC1NCCCC1NS(=O)(=O)c1cnc2n1CCC2. The Morgan fingerprint density at radius 1 is 1.47 bits per heavy atom. The van der Waals surface area contributed by atoms with E-state index >= 15 is 0 Å². The highest BCUT2D eigenvalue weighted by Crippen LogP contribution is 2.21. The van der Waals surface area contributed by atoms with E-state index in [1.165, 1.54) is 6.20 Å².